The predicted octanol–water partition coefficient (Wildman–Crippen LogP) is 2.29. The molecule has 1 heterocycles. The minimum Gasteiger partial charge on any atom is -0.298 e. The molecule has 1 fully saturated rings. The first-order valence-corrected chi connectivity index (χ1v) is 5.36. The van der Waals surface area contributed by atoms with E-state index in [1.165, 1.54) is 32.1 Å². The van der Waals surface area contributed by atoms with Gasteiger partial charge in [0.15, 0.2) is 24.7 Å². The largest absolute Gasteiger partial charge is 0.298 e. The maximum absolute atomic E-state index is 10.6. The second-order valence-corrected chi connectivity index (χ2v) is 3.99. The summed E-state index contributed by atoms with van der Waals surface area (Å²) in [6.07, 6.45) is 11.5. The fourth-order valence-electron chi connectivity index (χ4n) is 2.19. The van der Waals surface area contributed by atoms with Crippen LogP contribution in [0, 0.1) is 0 Å². The molecule has 0 unspecified atom stereocenters. The van der Waals surface area contributed by atoms with Gasteiger partial charge in [-0.1, -0.05) is 6.42 Å². The van der Waals surface area contributed by atoms with Crippen LogP contribution in [-0.4, -0.2) is 6.29 Å². The number of carbonyl (C=O) groups excluding carboxylic acids is 1. The van der Waals surface area contributed by atoms with E-state index in [0.717, 1.165) is 11.8 Å². The fraction of sp³-hybridized carbons (Fsp3) is 0.500. The molecule has 14 heavy (non-hydrogen) atoms. The van der Waals surface area contributed by atoms with Crippen molar-refractivity contribution in [3.05, 3.63) is 30.1 Å². The zero-order valence-electron chi connectivity index (χ0n) is 8.36. The van der Waals surface area contributed by atoms with Gasteiger partial charge < -0.3 is 0 Å². The average molecular weight is 190 g/mol. The normalized spacial score (nSPS) is 18.0. The number of rotatable bonds is 2. The van der Waals surface area contributed by atoms with Gasteiger partial charge in [0.1, 0.15) is 0 Å². The van der Waals surface area contributed by atoms with E-state index >= 15 is 0 Å². The van der Waals surface area contributed by atoms with Crippen molar-refractivity contribution in [2.45, 2.75) is 38.1 Å². The molecule has 1 saturated carbocycles. The van der Waals surface area contributed by atoms with Crippen LogP contribution in [0.1, 0.15) is 48.5 Å². The van der Waals surface area contributed by atoms with E-state index in [-0.39, 0.29) is 0 Å². The Morgan fingerprint density at radius 1 is 1.29 bits per heavy atom. The summed E-state index contributed by atoms with van der Waals surface area (Å²) >= 11 is 0. The second kappa shape index (κ2) is 4.36. The summed E-state index contributed by atoms with van der Waals surface area (Å²) in [5.41, 5.74) is 0.776. The summed E-state index contributed by atoms with van der Waals surface area (Å²) in [4.78, 5) is 10.6. The predicted molar refractivity (Wildman–Crippen MR) is 54.1 cm³/mol. The molecule has 2 nitrogen and oxygen atoms in total. The van der Waals surface area contributed by atoms with Gasteiger partial charge >= 0.3 is 0 Å². The number of aromatic nitrogens is 1. The molecule has 0 radical (unpaired) electrons. The molecule has 2 heteroatoms. The van der Waals surface area contributed by atoms with E-state index in [1.54, 1.807) is 0 Å². The maximum atomic E-state index is 10.6. The third kappa shape index (κ3) is 2.00. The first kappa shape index (κ1) is 9.38. The summed E-state index contributed by atoms with van der Waals surface area (Å²) in [5, 5.41) is 0. The number of nitrogens with zero attached hydrogens (tertiary/aromatic N) is 1. The topological polar surface area (TPSA) is 20.9 Å². The summed E-state index contributed by atoms with van der Waals surface area (Å²) in [5.74, 6) is 0. The minimum absolute atomic E-state index is 0.614. The highest BCUT2D eigenvalue weighted by Crippen LogP contribution is 2.23. The Kier molecular flexibility index (Phi) is 2.92. The van der Waals surface area contributed by atoms with Crippen LogP contribution in [0.4, 0.5) is 0 Å². The van der Waals surface area contributed by atoms with Gasteiger partial charge in [-0.2, -0.15) is 0 Å². The van der Waals surface area contributed by atoms with E-state index in [9.17, 15) is 4.79 Å². The first-order valence-electron chi connectivity index (χ1n) is 5.36. The molecule has 0 N–H and O–H groups in total. The van der Waals surface area contributed by atoms with E-state index in [1.807, 2.05) is 18.3 Å². The average Bonchev–Trinajstić information content (AvgIpc) is 2.30. The Morgan fingerprint density at radius 2 is 2.07 bits per heavy atom. The molecule has 0 spiro atoms. The van der Waals surface area contributed by atoms with E-state index in [2.05, 4.69) is 10.8 Å². The number of carbonyl (C=O) groups is 1. The van der Waals surface area contributed by atoms with Crippen molar-refractivity contribution in [2.24, 2.45) is 0 Å². The van der Waals surface area contributed by atoms with Crippen LogP contribution >= 0.6 is 0 Å². The van der Waals surface area contributed by atoms with Gasteiger partial charge in [0.25, 0.3) is 0 Å². The smallest absolute Gasteiger partial charge is 0.179 e. The van der Waals surface area contributed by atoms with Gasteiger partial charge in [-0.25, -0.2) is 4.57 Å². The van der Waals surface area contributed by atoms with Crippen molar-refractivity contribution >= 4 is 6.29 Å². The molecule has 1 aliphatic carbocycles. The lowest BCUT2D eigenvalue weighted by atomic mass is 9.95. The third-order valence-electron chi connectivity index (χ3n) is 2.98. The minimum atomic E-state index is 0.614. The highest BCUT2D eigenvalue weighted by molar-refractivity contribution is 5.73. The Labute approximate surface area is 84.6 Å². The monoisotopic (exact) mass is 190 g/mol. The molecule has 2 rings (SSSR count). The summed E-state index contributed by atoms with van der Waals surface area (Å²) in [6.45, 7) is 0. The standard InChI is InChI=1S/C12H16NO/c14-10-11-5-4-8-13(9-11)12-6-2-1-3-7-12/h4-5,8-10,12H,1-3,6-7H2/q+1. The molecule has 0 aromatic carbocycles. The molecule has 1 aliphatic rings. The van der Waals surface area contributed by atoms with Crippen LogP contribution < -0.4 is 4.57 Å². The zero-order valence-corrected chi connectivity index (χ0v) is 8.36. The Hall–Kier alpha value is -1.18. The lowest BCUT2D eigenvalue weighted by Crippen LogP contribution is -2.40. The number of aldehydes is 1. The Bertz CT molecular complexity index is 316. The highest BCUT2D eigenvalue weighted by Gasteiger charge is 2.21. The number of hydrogen-bond donors (Lipinski definition) is 0. The molecule has 1 aromatic heterocycles. The van der Waals surface area contributed by atoms with Gasteiger partial charge in [-0.05, 0) is 18.9 Å². The zero-order chi connectivity index (χ0) is 9.80. The first-order chi connectivity index (χ1) is 6.90. The summed E-state index contributed by atoms with van der Waals surface area (Å²) in [6, 6.07) is 4.42. The van der Waals surface area contributed by atoms with Crippen molar-refractivity contribution in [1.82, 2.24) is 0 Å². The maximum Gasteiger partial charge on any atom is 0.179 e. The highest BCUT2D eigenvalue weighted by atomic mass is 16.1. The molecular weight excluding hydrogens is 174 g/mol. The van der Waals surface area contributed by atoms with E-state index < -0.39 is 0 Å². The molecule has 1 aromatic rings. The molecule has 0 atom stereocenters. The fourth-order valence-corrected chi connectivity index (χ4v) is 2.19. The van der Waals surface area contributed by atoms with Gasteiger partial charge in [-0.15, -0.1) is 0 Å². The van der Waals surface area contributed by atoms with Crippen LogP contribution in [0.15, 0.2) is 24.5 Å². The van der Waals surface area contributed by atoms with Crippen LogP contribution in [0.2, 0.25) is 0 Å². The Balaban J connectivity index is 2.17. The van der Waals surface area contributed by atoms with Crippen molar-refractivity contribution < 1.29 is 9.36 Å². The quantitative estimate of drug-likeness (QED) is 0.517. The lowest BCUT2D eigenvalue weighted by molar-refractivity contribution is -0.725. The van der Waals surface area contributed by atoms with Gasteiger partial charge in [0, 0.05) is 18.9 Å². The van der Waals surface area contributed by atoms with Gasteiger partial charge in [-0.3, -0.25) is 4.79 Å². The Morgan fingerprint density at radius 3 is 2.79 bits per heavy atom. The van der Waals surface area contributed by atoms with Crippen LogP contribution in [-0.2, 0) is 0 Å². The van der Waals surface area contributed by atoms with Crippen molar-refractivity contribution in [1.29, 1.82) is 0 Å². The van der Waals surface area contributed by atoms with Gasteiger partial charge in [0.2, 0.25) is 0 Å². The molecule has 74 valence electrons. The van der Waals surface area contributed by atoms with Crippen molar-refractivity contribution in [3.63, 3.8) is 0 Å². The summed E-state index contributed by atoms with van der Waals surface area (Å²) in [7, 11) is 0. The van der Waals surface area contributed by atoms with Crippen molar-refractivity contribution in [2.75, 3.05) is 0 Å². The third-order valence-corrected chi connectivity index (χ3v) is 2.98. The molecule has 0 saturated heterocycles. The molecule has 0 aliphatic heterocycles. The molecule has 0 bridgehead atoms. The number of hydrogen-bond acceptors (Lipinski definition) is 1. The van der Waals surface area contributed by atoms with Crippen molar-refractivity contribution in [3.8, 4) is 0 Å². The SMILES string of the molecule is O=Cc1ccc[n+](C2CCCCC2)c1. The van der Waals surface area contributed by atoms with E-state index in [4.69, 9.17) is 0 Å². The number of pyridine rings is 1. The molecular formula is C12H16NO+. The second-order valence-electron chi connectivity index (χ2n) is 3.99. The lowest BCUT2D eigenvalue weighted by Gasteiger charge is -2.16. The van der Waals surface area contributed by atoms with E-state index in [0.29, 0.717) is 6.04 Å². The molecule has 0 amide bonds. The van der Waals surface area contributed by atoms with Crippen LogP contribution in [0.3, 0.4) is 0 Å². The van der Waals surface area contributed by atoms with Crippen LogP contribution in [0.5, 0.6) is 0 Å². The van der Waals surface area contributed by atoms with Gasteiger partial charge in [0.05, 0.1) is 5.56 Å². The summed E-state index contributed by atoms with van der Waals surface area (Å²) < 4.78 is 2.20. The van der Waals surface area contributed by atoms with Crippen LogP contribution in [0.25, 0.3) is 0 Å².